The van der Waals surface area contributed by atoms with Gasteiger partial charge < -0.3 is 10.4 Å². The second kappa shape index (κ2) is 6.28. The van der Waals surface area contributed by atoms with Gasteiger partial charge in [-0.25, -0.2) is 4.79 Å². The van der Waals surface area contributed by atoms with Gasteiger partial charge in [0.1, 0.15) is 0 Å². The molecule has 0 aliphatic carbocycles. The van der Waals surface area contributed by atoms with E-state index in [1.165, 1.54) is 29.5 Å². The number of rotatable bonds is 4. The number of carboxylic acids is 1. The Kier molecular flexibility index (Phi) is 4.65. The summed E-state index contributed by atoms with van der Waals surface area (Å²) in [5.74, 6) is -1.44. The lowest BCUT2D eigenvalue weighted by Crippen LogP contribution is -2.13. The van der Waals surface area contributed by atoms with Gasteiger partial charge in [0.05, 0.1) is 16.1 Å². The summed E-state index contributed by atoms with van der Waals surface area (Å²) in [7, 11) is 0. The van der Waals surface area contributed by atoms with Crippen LogP contribution in [0.2, 0.25) is 5.02 Å². The minimum atomic E-state index is -1.11. The van der Waals surface area contributed by atoms with Crippen LogP contribution in [0.5, 0.6) is 0 Å². The maximum atomic E-state index is 12.2. The van der Waals surface area contributed by atoms with E-state index in [9.17, 15) is 9.59 Å². The fourth-order valence-corrected chi connectivity index (χ4v) is 3.15. The third-order valence-electron chi connectivity index (χ3n) is 3.03. The number of carbonyl (C=O) groups excluding carboxylic acids is 1. The maximum Gasteiger partial charge on any atom is 0.337 e. The van der Waals surface area contributed by atoms with Gasteiger partial charge in [-0.2, -0.15) is 0 Å². The number of benzene rings is 1. The van der Waals surface area contributed by atoms with E-state index in [1.807, 2.05) is 19.9 Å². The molecule has 0 aliphatic heterocycles. The zero-order valence-electron chi connectivity index (χ0n) is 11.6. The molecule has 0 atom stereocenters. The van der Waals surface area contributed by atoms with Gasteiger partial charge in [0, 0.05) is 9.90 Å². The third-order valence-corrected chi connectivity index (χ3v) is 4.64. The van der Waals surface area contributed by atoms with Gasteiger partial charge in [0.2, 0.25) is 0 Å². The molecule has 4 nitrogen and oxygen atoms in total. The summed E-state index contributed by atoms with van der Waals surface area (Å²) in [6.07, 6.45) is 0.862. The molecule has 1 aromatic heterocycles. The SMILES string of the molecule is CCc1sc(C(=O)Nc2cc(Cl)ccc2C(=O)O)cc1C. The van der Waals surface area contributed by atoms with E-state index in [1.54, 1.807) is 0 Å². The second-order valence-electron chi connectivity index (χ2n) is 4.52. The van der Waals surface area contributed by atoms with Gasteiger partial charge in [0.25, 0.3) is 5.91 Å². The molecule has 1 aromatic carbocycles. The Morgan fingerprint density at radius 2 is 2.05 bits per heavy atom. The van der Waals surface area contributed by atoms with E-state index in [0.29, 0.717) is 9.90 Å². The summed E-state index contributed by atoms with van der Waals surface area (Å²) in [6.45, 7) is 3.98. The highest BCUT2D eigenvalue weighted by molar-refractivity contribution is 7.14. The van der Waals surface area contributed by atoms with Crippen LogP contribution in [-0.2, 0) is 6.42 Å². The number of thiophene rings is 1. The lowest BCUT2D eigenvalue weighted by molar-refractivity contribution is 0.0698. The lowest BCUT2D eigenvalue weighted by atomic mass is 10.1. The van der Waals surface area contributed by atoms with Gasteiger partial charge >= 0.3 is 5.97 Å². The third kappa shape index (κ3) is 3.43. The molecule has 1 heterocycles. The van der Waals surface area contributed by atoms with Gasteiger partial charge in [0.15, 0.2) is 0 Å². The van der Waals surface area contributed by atoms with Crippen LogP contribution in [0, 0.1) is 6.92 Å². The predicted octanol–water partition coefficient (Wildman–Crippen LogP) is 4.22. The zero-order chi connectivity index (χ0) is 15.6. The number of hydrogen-bond donors (Lipinski definition) is 2. The van der Waals surface area contributed by atoms with Crippen molar-refractivity contribution in [2.75, 3.05) is 5.32 Å². The Morgan fingerprint density at radius 3 is 2.62 bits per heavy atom. The Bertz CT molecular complexity index is 709. The summed E-state index contributed by atoms with van der Waals surface area (Å²) in [5.41, 5.74) is 1.28. The molecule has 0 aliphatic rings. The average Bonchev–Trinajstić information content (AvgIpc) is 2.79. The van der Waals surface area contributed by atoms with Crippen LogP contribution in [-0.4, -0.2) is 17.0 Å². The van der Waals surface area contributed by atoms with Crippen LogP contribution in [0.25, 0.3) is 0 Å². The van der Waals surface area contributed by atoms with Crippen LogP contribution in [0.4, 0.5) is 5.69 Å². The number of carbonyl (C=O) groups is 2. The molecule has 0 saturated heterocycles. The highest BCUT2D eigenvalue weighted by Gasteiger charge is 2.16. The largest absolute Gasteiger partial charge is 0.478 e. The lowest BCUT2D eigenvalue weighted by Gasteiger charge is -2.08. The van der Waals surface area contributed by atoms with Crippen molar-refractivity contribution >= 4 is 40.5 Å². The molecule has 1 amide bonds. The summed E-state index contributed by atoms with van der Waals surface area (Å²) >= 11 is 7.27. The fourth-order valence-electron chi connectivity index (χ4n) is 1.97. The van der Waals surface area contributed by atoms with Crippen molar-refractivity contribution in [3.05, 3.63) is 50.2 Å². The monoisotopic (exact) mass is 323 g/mol. The Hall–Kier alpha value is -1.85. The molecule has 0 radical (unpaired) electrons. The van der Waals surface area contributed by atoms with Gasteiger partial charge in [-0.1, -0.05) is 18.5 Å². The second-order valence-corrected chi connectivity index (χ2v) is 6.09. The van der Waals surface area contributed by atoms with Crippen LogP contribution in [0.3, 0.4) is 0 Å². The number of amides is 1. The van der Waals surface area contributed by atoms with Crippen molar-refractivity contribution in [2.24, 2.45) is 0 Å². The van der Waals surface area contributed by atoms with Crippen LogP contribution in [0.1, 0.15) is 37.4 Å². The first-order valence-electron chi connectivity index (χ1n) is 6.36. The summed E-state index contributed by atoms with van der Waals surface area (Å²) in [6, 6.07) is 6.09. The number of halogens is 1. The molecule has 110 valence electrons. The van der Waals surface area contributed by atoms with E-state index in [4.69, 9.17) is 16.7 Å². The van der Waals surface area contributed by atoms with Crippen molar-refractivity contribution in [3.63, 3.8) is 0 Å². The number of nitrogens with one attached hydrogen (secondary N) is 1. The topological polar surface area (TPSA) is 66.4 Å². The van der Waals surface area contributed by atoms with Crippen LogP contribution in [0.15, 0.2) is 24.3 Å². The van der Waals surface area contributed by atoms with Crippen LogP contribution >= 0.6 is 22.9 Å². The quantitative estimate of drug-likeness (QED) is 0.885. The summed E-state index contributed by atoms with van der Waals surface area (Å²) in [5, 5.41) is 12.1. The Balaban J connectivity index is 2.30. The number of anilines is 1. The number of aryl methyl sites for hydroxylation is 2. The molecule has 2 N–H and O–H groups in total. The zero-order valence-corrected chi connectivity index (χ0v) is 13.1. The van der Waals surface area contributed by atoms with Crippen molar-refractivity contribution in [3.8, 4) is 0 Å². The highest BCUT2D eigenvalue weighted by atomic mass is 35.5. The predicted molar refractivity (Wildman–Crippen MR) is 84.8 cm³/mol. The van der Waals surface area contributed by atoms with Crippen LogP contribution < -0.4 is 5.32 Å². The van der Waals surface area contributed by atoms with E-state index in [-0.39, 0.29) is 17.2 Å². The molecule has 0 saturated carbocycles. The molecule has 0 spiro atoms. The average molecular weight is 324 g/mol. The van der Waals surface area contributed by atoms with Gasteiger partial charge in [-0.05, 0) is 43.2 Å². The Morgan fingerprint density at radius 1 is 1.33 bits per heavy atom. The minimum absolute atomic E-state index is 0.0109. The van der Waals surface area contributed by atoms with E-state index < -0.39 is 5.97 Å². The molecule has 2 aromatic rings. The first-order chi connectivity index (χ1) is 9.92. The molecular formula is C15H14ClNO3S. The molecule has 0 unspecified atom stereocenters. The molecule has 6 heteroatoms. The fraction of sp³-hybridized carbons (Fsp3) is 0.200. The molecule has 0 bridgehead atoms. The molecular weight excluding hydrogens is 310 g/mol. The minimum Gasteiger partial charge on any atom is -0.478 e. The smallest absolute Gasteiger partial charge is 0.337 e. The maximum absolute atomic E-state index is 12.2. The first-order valence-corrected chi connectivity index (χ1v) is 7.55. The van der Waals surface area contributed by atoms with E-state index in [0.717, 1.165) is 16.9 Å². The van der Waals surface area contributed by atoms with Crippen molar-refractivity contribution in [1.29, 1.82) is 0 Å². The number of aromatic carboxylic acids is 1. The van der Waals surface area contributed by atoms with Crippen molar-refractivity contribution in [1.82, 2.24) is 0 Å². The summed E-state index contributed by atoms with van der Waals surface area (Å²) in [4.78, 5) is 25.1. The molecule has 21 heavy (non-hydrogen) atoms. The number of hydrogen-bond acceptors (Lipinski definition) is 3. The molecule has 2 rings (SSSR count). The van der Waals surface area contributed by atoms with Crippen molar-refractivity contribution in [2.45, 2.75) is 20.3 Å². The number of carboxylic acid groups (broad SMARTS) is 1. The van der Waals surface area contributed by atoms with Crippen molar-refractivity contribution < 1.29 is 14.7 Å². The molecule has 0 fully saturated rings. The van der Waals surface area contributed by atoms with E-state index >= 15 is 0 Å². The normalized spacial score (nSPS) is 10.4. The van der Waals surface area contributed by atoms with E-state index in [2.05, 4.69) is 5.32 Å². The Labute approximate surface area is 131 Å². The summed E-state index contributed by atoms with van der Waals surface area (Å²) < 4.78 is 0. The van der Waals surface area contributed by atoms with Gasteiger partial charge in [-0.3, -0.25) is 4.79 Å². The van der Waals surface area contributed by atoms with Gasteiger partial charge in [-0.15, -0.1) is 11.3 Å². The standard InChI is InChI=1S/C15H14ClNO3S/c1-3-12-8(2)6-13(21-12)14(18)17-11-7-9(16)4-5-10(11)15(19)20/h4-7H,3H2,1-2H3,(H,17,18)(H,19,20). The first kappa shape index (κ1) is 15.5. The highest BCUT2D eigenvalue weighted by Crippen LogP contribution is 2.25.